The molecule has 0 unspecified atom stereocenters. The zero-order valence-electron chi connectivity index (χ0n) is 12.4. The monoisotopic (exact) mass is 298 g/mol. The van der Waals surface area contributed by atoms with E-state index in [1.807, 2.05) is 20.8 Å². The first kappa shape index (κ1) is 16.8. The molecule has 0 aliphatic carbocycles. The van der Waals surface area contributed by atoms with Crippen LogP contribution in [0, 0.1) is 21.3 Å². The minimum absolute atomic E-state index is 0.172. The van der Waals surface area contributed by atoms with Crippen molar-refractivity contribution < 1.29 is 14.1 Å². The standard InChI is InChI=1S/C13H19FN4O3/c1-13(2,3)7-17(4)12(19)8-5-10(16-15)9(14)6-11(8)18(20)21/h5-6,16H,7,15H2,1-4H3. The normalized spacial score (nSPS) is 11.1. The van der Waals surface area contributed by atoms with Crippen LogP contribution in [-0.4, -0.2) is 29.3 Å². The summed E-state index contributed by atoms with van der Waals surface area (Å²) in [4.78, 5) is 23.9. The number of nitro groups is 1. The van der Waals surface area contributed by atoms with E-state index in [0.29, 0.717) is 12.6 Å². The largest absolute Gasteiger partial charge is 0.341 e. The zero-order chi connectivity index (χ0) is 16.4. The Hall–Kier alpha value is -2.22. The van der Waals surface area contributed by atoms with E-state index in [1.165, 1.54) is 11.9 Å². The number of benzene rings is 1. The van der Waals surface area contributed by atoms with E-state index < -0.39 is 22.3 Å². The summed E-state index contributed by atoms with van der Waals surface area (Å²) in [7, 11) is 1.54. The Morgan fingerprint density at radius 3 is 2.48 bits per heavy atom. The van der Waals surface area contributed by atoms with Crippen LogP contribution in [0.5, 0.6) is 0 Å². The molecule has 8 heteroatoms. The highest BCUT2D eigenvalue weighted by atomic mass is 19.1. The molecule has 0 heterocycles. The number of hydrogen-bond acceptors (Lipinski definition) is 5. The molecule has 0 aliphatic heterocycles. The van der Waals surface area contributed by atoms with Crippen molar-refractivity contribution in [1.82, 2.24) is 4.90 Å². The van der Waals surface area contributed by atoms with Crippen molar-refractivity contribution in [3.63, 3.8) is 0 Å². The van der Waals surface area contributed by atoms with Gasteiger partial charge in [0.05, 0.1) is 16.7 Å². The molecule has 0 saturated carbocycles. The number of nitrogens with one attached hydrogen (secondary N) is 1. The molecule has 0 fully saturated rings. The molecule has 1 amide bonds. The van der Waals surface area contributed by atoms with Crippen LogP contribution in [0.4, 0.5) is 15.8 Å². The molecular weight excluding hydrogens is 279 g/mol. The first-order valence-corrected chi connectivity index (χ1v) is 6.27. The number of nitrogens with zero attached hydrogens (tertiary/aromatic N) is 2. The lowest BCUT2D eigenvalue weighted by Gasteiger charge is -2.26. The Balaban J connectivity index is 3.27. The second-order valence-corrected chi connectivity index (χ2v) is 5.97. The summed E-state index contributed by atoms with van der Waals surface area (Å²) >= 11 is 0. The van der Waals surface area contributed by atoms with Gasteiger partial charge in [-0.25, -0.2) is 4.39 Å². The van der Waals surface area contributed by atoms with Crippen molar-refractivity contribution in [3.05, 3.63) is 33.6 Å². The number of nitrogen functional groups attached to an aromatic ring is 1. The third kappa shape index (κ3) is 4.12. The van der Waals surface area contributed by atoms with Crippen molar-refractivity contribution in [2.45, 2.75) is 20.8 Å². The SMILES string of the molecule is CN(CC(C)(C)C)C(=O)c1cc(NN)c(F)cc1[N+](=O)[O-]. The summed E-state index contributed by atoms with van der Waals surface area (Å²) in [5, 5.41) is 11.0. The van der Waals surface area contributed by atoms with Gasteiger partial charge < -0.3 is 10.3 Å². The number of nitrogens with two attached hydrogens (primary N) is 1. The molecule has 1 aromatic rings. The van der Waals surface area contributed by atoms with Gasteiger partial charge in [-0.05, 0) is 11.5 Å². The number of carbonyl (C=O) groups is 1. The third-order valence-corrected chi connectivity index (χ3v) is 2.73. The number of anilines is 1. The maximum absolute atomic E-state index is 13.6. The second-order valence-electron chi connectivity index (χ2n) is 5.97. The fraction of sp³-hybridized carbons (Fsp3) is 0.462. The molecule has 3 N–H and O–H groups in total. The first-order valence-electron chi connectivity index (χ1n) is 6.27. The molecule has 1 aromatic carbocycles. The summed E-state index contributed by atoms with van der Waals surface area (Å²) in [6.45, 7) is 6.19. The van der Waals surface area contributed by atoms with Gasteiger partial charge in [-0.1, -0.05) is 20.8 Å². The molecule has 0 aliphatic rings. The van der Waals surface area contributed by atoms with Crippen LogP contribution in [0.3, 0.4) is 0 Å². The summed E-state index contributed by atoms with van der Waals surface area (Å²) in [5.41, 5.74) is 0.937. The van der Waals surface area contributed by atoms with Crippen LogP contribution >= 0.6 is 0 Å². The maximum Gasteiger partial charge on any atom is 0.285 e. The highest BCUT2D eigenvalue weighted by Crippen LogP contribution is 2.27. The summed E-state index contributed by atoms with van der Waals surface area (Å²) in [5.74, 6) is 3.69. The fourth-order valence-corrected chi connectivity index (χ4v) is 1.98. The summed E-state index contributed by atoms with van der Waals surface area (Å²) in [6, 6.07) is 1.74. The smallest absolute Gasteiger partial charge is 0.285 e. The van der Waals surface area contributed by atoms with Gasteiger partial charge in [0.1, 0.15) is 5.56 Å². The Bertz CT molecular complexity index is 569. The van der Waals surface area contributed by atoms with E-state index >= 15 is 0 Å². The molecule has 0 aromatic heterocycles. The highest BCUT2D eigenvalue weighted by molar-refractivity contribution is 5.99. The van der Waals surface area contributed by atoms with Gasteiger partial charge in [0, 0.05) is 13.6 Å². The van der Waals surface area contributed by atoms with Crippen LogP contribution in [-0.2, 0) is 0 Å². The first-order chi connectivity index (χ1) is 9.56. The van der Waals surface area contributed by atoms with Gasteiger partial charge in [0.2, 0.25) is 0 Å². The Morgan fingerprint density at radius 2 is 2.05 bits per heavy atom. The molecule has 0 radical (unpaired) electrons. The van der Waals surface area contributed by atoms with E-state index in [0.717, 1.165) is 6.07 Å². The van der Waals surface area contributed by atoms with Crippen molar-refractivity contribution in [2.24, 2.45) is 11.3 Å². The minimum Gasteiger partial charge on any atom is -0.341 e. The average Bonchev–Trinajstić information content (AvgIpc) is 2.35. The number of rotatable bonds is 4. The van der Waals surface area contributed by atoms with E-state index in [1.54, 1.807) is 0 Å². The number of halogens is 1. The van der Waals surface area contributed by atoms with Gasteiger partial charge in [0.25, 0.3) is 11.6 Å². The van der Waals surface area contributed by atoms with Gasteiger partial charge in [0.15, 0.2) is 5.82 Å². The molecule has 21 heavy (non-hydrogen) atoms. The fourth-order valence-electron chi connectivity index (χ4n) is 1.98. The van der Waals surface area contributed by atoms with Crippen molar-refractivity contribution in [2.75, 3.05) is 19.0 Å². The van der Waals surface area contributed by atoms with Gasteiger partial charge in [-0.2, -0.15) is 0 Å². The quantitative estimate of drug-likeness (QED) is 0.504. The number of amides is 1. The van der Waals surface area contributed by atoms with E-state index in [2.05, 4.69) is 5.43 Å². The van der Waals surface area contributed by atoms with Gasteiger partial charge >= 0.3 is 0 Å². The van der Waals surface area contributed by atoms with Gasteiger partial charge in [-0.3, -0.25) is 20.8 Å². The molecule has 1 rings (SSSR count). The Labute approximate surface area is 122 Å². The Morgan fingerprint density at radius 1 is 1.48 bits per heavy atom. The van der Waals surface area contributed by atoms with Crippen molar-refractivity contribution in [3.8, 4) is 0 Å². The lowest BCUT2D eigenvalue weighted by atomic mass is 9.96. The number of carbonyl (C=O) groups excluding carboxylic acids is 1. The predicted molar refractivity (Wildman–Crippen MR) is 77.3 cm³/mol. The molecule has 0 bridgehead atoms. The molecule has 0 spiro atoms. The lowest BCUT2D eigenvalue weighted by molar-refractivity contribution is -0.385. The highest BCUT2D eigenvalue weighted by Gasteiger charge is 2.27. The Kier molecular flexibility index (Phi) is 4.84. The van der Waals surface area contributed by atoms with Crippen LogP contribution in [0.25, 0.3) is 0 Å². The summed E-state index contributed by atoms with van der Waals surface area (Å²) in [6.07, 6.45) is 0. The van der Waals surface area contributed by atoms with Gasteiger partial charge in [-0.15, -0.1) is 0 Å². The van der Waals surface area contributed by atoms with E-state index in [9.17, 15) is 19.3 Å². The van der Waals surface area contributed by atoms with Crippen LogP contribution in [0.15, 0.2) is 12.1 Å². The van der Waals surface area contributed by atoms with Crippen molar-refractivity contribution >= 4 is 17.3 Å². The van der Waals surface area contributed by atoms with Crippen molar-refractivity contribution in [1.29, 1.82) is 0 Å². The van der Waals surface area contributed by atoms with Crippen LogP contribution in [0.2, 0.25) is 0 Å². The average molecular weight is 298 g/mol. The van der Waals surface area contributed by atoms with E-state index in [4.69, 9.17) is 5.84 Å². The van der Waals surface area contributed by atoms with Crippen LogP contribution in [0.1, 0.15) is 31.1 Å². The second kappa shape index (κ2) is 6.04. The number of hydrazine groups is 1. The molecular formula is C13H19FN4O3. The molecule has 116 valence electrons. The summed E-state index contributed by atoms with van der Waals surface area (Å²) < 4.78 is 13.6. The topological polar surface area (TPSA) is 102 Å². The molecule has 7 nitrogen and oxygen atoms in total. The lowest BCUT2D eigenvalue weighted by Crippen LogP contribution is -2.35. The number of nitro benzene ring substituents is 1. The zero-order valence-corrected chi connectivity index (χ0v) is 12.4. The number of hydrogen-bond donors (Lipinski definition) is 2. The maximum atomic E-state index is 13.6. The van der Waals surface area contributed by atoms with E-state index in [-0.39, 0.29) is 16.7 Å². The minimum atomic E-state index is -0.890. The predicted octanol–water partition coefficient (Wildman–Crippen LogP) is 2.14. The molecule has 0 atom stereocenters. The third-order valence-electron chi connectivity index (χ3n) is 2.73. The van der Waals surface area contributed by atoms with Crippen LogP contribution < -0.4 is 11.3 Å². The molecule has 0 saturated heterocycles.